The van der Waals surface area contributed by atoms with E-state index in [0.717, 1.165) is 5.39 Å². The van der Waals surface area contributed by atoms with Crippen LogP contribution in [0.5, 0.6) is 11.5 Å². The zero-order valence-corrected chi connectivity index (χ0v) is 21.1. The SMILES string of the molecule is Cc1c(Oc2ccc(F)c(-c3ncc([C@H](C)c4cccc([C@@H]5C[C@H]5C(=O)O)c4F)[nH]3)c2)c(F)cc2[nH]ccc12. The number of H-pyrrole nitrogens is 2. The lowest BCUT2D eigenvalue weighted by Gasteiger charge is -2.14. The summed E-state index contributed by atoms with van der Waals surface area (Å²) in [7, 11) is 0. The Kier molecular flexibility index (Phi) is 5.94. The molecule has 39 heavy (non-hydrogen) atoms. The van der Waals surface area contributed by atoms with Crippen molar-refractivity contribution in [2.75, 3.05) is 0 Å². The van der Waals surface area contributed by atoms with Crippen molar-refractivity contribution in [2.45, 2.75) is 32.1 Å². The molecule has 1 aliphatic carbocycles. The minimum Gasteiger partial charge on any atom is -0.481 e. The highest BCUT2D eigenvalue weighted by atomic mass is 19.1. The van der Waals surface area contributed by atoms with Gasteiger partial charge in [-0.15, -0.1) is 0 Å². The van der Waals surface area contributed by atoms with Gasteiger partial charge in [-0.3, -0.25) is 4.79 Å². The Hall–Kier alpha value is -4.53. The molecule has 3 atom stereocenters. The third-order valence-corrected chi connectivity index (χ3v) is 7.52. The molecule has 1 saturated carbocycles. The molecule has 0 bridgehead atoms. The van der Waals surface area contributed by atoms with Gasteiger partial charge in [-0.25, -0.2) is 18.2 Å². The molecule has 3 aromatic carbocycles. The quantitative estimate of drug-likeness (QED) is 0.204. The highest BCUT2D eigenvalue weighted by Crippen LogP contribution is 2.49. The fraction of sp³-hybridized carbons (Fsp3) is 0.200. The normalized spacial score (nSPS) is 17.4. The monoisotopic (exact) mass is 531 g/mol. The molecule has 9 heteroatoms. The number of nitrogens with one attached hydrogen (secondary N) is 2. The van der Waals surface area contributed by atoms with Gasteiger partial charge in [0.2, 0.25) is 0 Å². The second-order valence-corrected chi connectivity index (χ2v) is 9.94. The smallest absolute Gasteiger partial charge is 0.307 e. The number of hydrogen-bond donors (Lipinski definition) is 3. The number of aromatic amines is 2. The van der Waals surface area contributed by atoms with Crippen LogP contribution >= 0.6 is 0 Å². The van der Waals surface area contributed by atoms with Crippen molar-refractivity contribution in [3.05, 3.63) is 101 Å². The lowest BCUT2D eigenvalue weighted by atomic mass is 9.94. The topological polar surface area (TPSA) is 91.0 Å². The Balaban J connectivity index is 1.28. The van der Waals surface area contributed by atoms with E-state index in [1.54, 1.807) is 38.2 Å². The number of imidazole rings is 1. The summed E-state index contributed by atoms with van der Waals surface area (Å²) in [6.45, 7) is 3.54. The van der Waals surface area contributed by atoms with E-state index in [1.165, 1.54) is 30.5 Å². The van der Waals surface area contributed by atoms with Crippen molar-refractivity contribution in [2.24, 2.45) is 5.92 Å². The van der Waals surface area contributed by atoms with Crippen LogP contribution in [0, 0.1) is 30.3 Å². The number of carbonyl (C=O) groups is 1. The van der Waals surface area contributed by atoms with Crippen LogP contribution in [-0.2, 0) is 4.79 Å². The van der Waals surface area contributed by atoms with Gasteiger partial charge in [-0.1, -0.05) is 25.1 Å². The standard InChI is InChI=1S/C30H24F3N3O3/c1-14(18-4-3-5-19(27(18)33)20-11-21(20)30(37)38)26-13-35-29(36-26)22-10-16(6-7-23(22)31)39-28-15(2)17-8-9-34-25(17)12-24(28)32/h3-10,12-14,20-21,34H,11H2,1-2H3,(H,35,36)(H,37,38)/t14-,20+,21-/m1/s1. The van der Waals surface area contributed by atoms with Gasteiger partial charge in [0.1, 0.15) is 23.2 Å². The van der Waals surface area contributed by atoms with Crippen LogP contribution in [0.2, 0.25) is 0 Å². The number of carboxylic acids is 1. The van der Waals surface area contributed by atoms with Crippen LogP contribution in [0.3, 0.4) is 0 Å². The van der Waals surface area contributed by atoms with Crippen molar-refractivity contribution in [3.63, 3.8) is 0 Å². The largest absolute Gasteiger partial charge is 0.481 e. The molecule has 0 radical (unpaired) electrons. The van der Waals surface area contributed by atoms with Gasteiger partial charge in [0.15, 0.2) is 11.6 Å². The summed E-state index contributed by atoms with van der Waals surface area (Å²) >= 11 is 0. The van der Waals surface area contributed by atoms with Crippen LogP contribution in [0.1, 0.15) is 47.6 Å². The number of aromatic nitrogens is 3. The Labute approximate surface area is 221 Å². The summed E-state index contributed by atoms with van der Waals surface area (Å²) < 4.78 is 50.9. The first-order valence-electron chi connectivity index (χ1n) is 12.5. The molecule has 198 valence electrons. The van der Waals surface area contributed by atoms with Crippen LogP contribution in [0.4, 0.5) is 13.2 Å². The van der Waals surface area contributed by atoms with Crippen LogP contribution in [-0.4, -0.2) is 26.0 Å². The minimum atomic E-state index is -0.924. The van der Waals surface area contributed by atoms with Crippen molar-refractivity contribution < 1.29 is 27.8 Å². The Bertz CT molecular complexity index is 1740. The zero-order valence-electron chi connectivity index (χ0n) is 21.1. The maximum atomic E-state index is 15.4. The number of benzene rings is 3. The Morgan fingerprint density at radius 2 is 1.95 bits per heavy atom. The second kappa shape index (κ2) is 9.34. The van der Waals surface area contributed by atoms with Crippen molar-refractivity contribution in [1.82, 2.24) is 15.0 Å². The Morgan fingerprint density at radius 3 is 2.72 bits per heavy atom. The molecule has 0 unspecified atom stereocenters. The van der Waals surface area contributed by atoms with E-state index in [0.29, 0.717) is 34.3 Å². The first-order chi connectivity index (χ1) is 18.7. The third kappa shape index (κ3) is 4.33. The molecule has 2 heterocycles. The number of nitrogens with zero attached hydrogens (tertiary/aromatic N) is 1. The lowest BCUT2D eigenvalue weighted by Crippen LogP contribution is -2.05. The fourth-order valence-corrected chi connectivity index (χ4v) is 5.18. The van der Waals surface area contributed by atoms with Crippen molar-refractivity contribution >= 4 is 16.9 Å². The number of aliphatic carboxylic acids is 1. The molecule has 0 aliphatic heterocycles. The average Bonchev–Trinajstić information content (AvgIpc) is 3.31. The number of hydrogen-bond acceptors (Lipinski definition) is 3. The number of aryl methyl sites for hydroxylation is 1. The molecule has 0 spiro atoms. The molecular weight excluding hydrogens is 507 g/mol. The number of carboxylic acid groups (broad SMARTS) is 1. The van der Waals surface area contributed by atoms with Crippen LogP contribution in [0.15, 0.2) is 60.9 Å². The van der Waals surface area contributed by atoms with Crippen molar-refractivity contribution in [3.8, 4) is 22.9 Å². The van der Waals surface area contributed by atoms with Gasteiger partial charge in [0, 0.05) is 52.5 Å². The van der Waals surface area contributed by atoms with E-state index in [-0.39, 0.29) is 28.8 Å². The van der Waals surface area contributed by atoms with Crippen LogP contribution in [0.25, 0.3) is 22.3 Å². The molecule has 6 nitrogen and oxygen atoms in total. The molecule has 2 aromatic heterocycles. The molecule has 5 aromatic rings. The summed E-state index contributed by atoms with van der Waals surface area (Å²) in [5.74, 6) is -3.35. The van der Waals surface area contributed by atoms with E-state index in [4.69, 9.17) is 4.74 Å². The second-order valence-electron chi connectivity index (χ2n) is 9.94. The number of fused-ring (bicyclic) bond motifs is 1. The van der Waals surface area contributed by atoms with E-state index >= 15 is 4.39 Å². The molecule has 1 fully saturated rings. The first kappa shape index (κ1) is 24.8. The fourth-order valence-electron chi connectivity index (χ4n) is 5.18. The predicted octanol–water partition coefficient (Wildman–Crippen LogP) is 7.42. The zero-order chi connectivity index (χ0) is 27.4. The molecular formula is C30H24F3N3O3. The molecule has 1 aliphatic rings. The molecule has 6 rings (SSSR count). The van der Waals surface area contributed by atoms with Gasteiger partial charge >= 0.3 is 5.97 Å². The molecule has 3 N–H and O–H groups in total. The van der Waals surface area contributed by atoms with E-state index in [1.807, 2.05) is 6.07 Å². The average molecular weight is 532 g/mol. The minimum absolute atomic E-state index is 0.0459. The summed E-state index contributed by atoms with van der Waals surface area (Å²) in [5, 5.41) is 10.0. The summed E-state index contributed by atoms with van der Waals surface area (Å²) in [6, 6.07) is 12.2. The van der Waals surface area contributed by atoms with Gasteiger partial charge in [-0.2, -0.15) is 0 Å². The Morgan fingerprint density at radius 1 is 1.13 bits per heavy atom. The van der Waals surface area contributed by atoms with Gasteiger partial charge < -0.3 is 19.8 Å². The summed E-state index contributed by atoms with van der Waals surface area (Å²) in [4.78, 5) is 21.6. The maximum absolute atomic E-state index is 15.4. The van der Waals surface area contributed by atoms with Gasteiger partial charge in [-0.05, 0) is 48.7 Å². The highest BCUT2D eigenvalue weighted by molar-refractivity contribution is 5.85. The maximum Gasteiger partial charge on any atom is 0.307 e. The third-order valence-electron chi connectivity index (χ3n) is 7.52. The van der Waals surface area contributed by atoms with E-state index in [9.17, 15) is 18.7 Å². The summed E-state index contributed by atoms with van der Waals surface area (Å²) in [6.07, 6.45) is 3.64. The predicted molar refractivity (Wildman–Crippen MR) is 139 cm³/mol. The van der Waals surface area contributed by atoms with Crippen LogP contribution < -0.4 is 4.74 Å². The number of rotatable bonds is 7. The van der Waals surface area contributed by atoms with Gasteiger partial charge in [0.05, 0.1) is 11.5 Å². The number of halogens is 3. The van der Waals surface area contributed by atoms with E-state index < -0.39 is 35.3 Å². The molecule has 0 saturated heterocycles. The highest BCUT2D eigenvalue weighted by Gasteiger charge is 2.45. The lowest BCUT2D eigenvalue weighted by molar-refractivity contribution is -0.138. The van der Waals surface area contributed by atoms with E-state index in [2.05, 4.69) is 15.0 Å². The summed E-state index contributed by atoms with van der Waals surface area (Å²) in [5.41, 5.74) is 2.71. The molecule has 0 amide bonds. The number of ether oxygens (including phenoxy) is 1. The van der Waals surface area contributed by atoms with Gasteiger partial charge in [0.25, 0.3) is 0 Å². The first-order valence-corrected chi connectivity index (χ1v) is 12.5. The van der Waals surface area contributed by atoms with Crippen molar-refractivity contribution in [1.29, 1.82) is 0 Å².